The van der Waals surface area contributed by atoms with E-state index in [-0.39, 0.29) is 18.0 Å². The molecule has 0 aromatic heterocycles. The number of carboxylic acid groups (broad SMARTS) is 1. The summed E-state index contributed by atoms with van der Waals surface area (Å²) in [6.07, 6.45) is 0. The minimum absolute atomic E-state index is 0. The molecule has 0 aliphatic rings. The van der Waals surface area contributed by atoms with E-state index >= 15 is 0 Å². The van der Waals surface area contributed by atoms with Crippen molar-refractivity contribution in [1.29, 1.82) is 0 Å². The van der Waals surface area contributed by atoms with Gasteiger partial charge in [-0.15, -0.1) is 12.4 Å². The lowest BCUT2D eigenvalue weighted by Gasteiger charge is -2.06. The lowest BCUT2D eigenvalue weighted by Crippen LogP contribution is -2.10. The van der Waals surface area contributed by atoms with Crippen molar-refractivity contribution in [1.82, 2.24) is 0 Å². The van der Waals surface area contributed by atoms with Crippen LogP contribution in [0.3, 0.4) is 0 Å². The fraction of sp³-hybridized carbons (Fsp3) is 0.125. The van der Waals surface area contributed by atoms with E-state index in [0.29, 0.717) is 11.3 Å². The average Bonchev–Trinajstić information content (AvgIpc) is 2.04. The summed E-state index contributed by atoms with van der Waals surface area (Å²) in [5, 5.41) is 8.72. The zero-order valence-corrected chi connectivity index (χ0v) is 7.89. The number of rotatable bonds is 2. The molecular formula is C8H11ClN2O2. The predicted molar refractivity (Wildman–Crippen MR) is 53.2 cm³/mol. The van der Waals surface area contributed by atoms with Crippen molar-refractivity contribution in [3.63, 3.8) is 0 Å². The first-order valence-corrected chi connectivity index (χ1v) is 3.46. The van der Waals surface area contributed by atoms with E-state index in [9.17, 15) is 4.79 Å². The Morgan fingerprint density at radius 1 is 1.54 bits per heavy atom. The van der Waals surface area contributed by atoms with Crippen molar-refractivity contribution in [3.8, 4) is 0 Å². The van der Waals surface area contributed by atoms with Crippen molar-refractivity contribution in [2.75, 3.05) is 5.43 Å². The monoisotopic (exact) mass is 202 g/mol. The van der Waals surface area contributed by atoms with Crippen molar-refractivity contribution in [3.05, 3.63) is 29.3 Å². The van der Waals surface area contributed by atoms with Crippen molar-refractivity contribution >= 4 is 24.1 Å². The summed E-state index contributed by atoms with van der Waals surface area (Å²) in [6, 6.07) is 4.91. The molecule has 0 unspecified atom stereocenters. The largest absolute Gasteiger partial charge is 0.478 e. The number of anilines is 1. The quantitative estimate of drug-likeness (QED) is 0.501. The topological polar surface area (TPSA) is 75.3 Å². The Balaban J connectivity index is 0.00000144. The van der Waals surface area contributed by atoms with Crippen LogP contribution in [0.1, 0.15) is 15.9 Å². The number of carboxylic acids is 1. The first-order chi connectivity index (χ1) is 5.66. The van der Waals surface area contributed by atoms with E-state index in [2.05, 4.69) is 5.43 Å². The molecule has 1 aromatic carbocycles. The van der Waals surface area contributed by atoms with Gasteiger partial charge in [0.25, 0.3) is 0 Å². The number of carbonyl (C=O) groups is 1. The van der Waals surface area contributed by atoms with E-state index in [4.69, 9.17) is 10.9 Å². The van der Waals surface area contributed by atoms with Gasteiger partial charge in [0.05, 0.1) is 11.3 Å². The lowest BCUT2D eigenvalue weighted by molar-refractivity contribution is 0.0696. The second kappa shape index (κ2) is 4.69. The van der Waals surface area contributed by atoms with Crippen LogP contribution < -0.4 is 11.3 Å². The van der Waals surface area contributed by atoms with Gasteiger partial charge in [-0.05, 0) is 24.6 Å². The molecule has 1 rings (SSSR count). The predicted octanol–water partition coefficient (Wildman–Crippen LogP) is 1.40. The highest BCUT2D eigenvalue weighted by Crippen LogP contribution is 2.17. The van der Waals surface area contributed by atoms with Gasteiger partial charge in [-0.25, -0.2) is 4.79 Å². The third-order valence-corrected chi connectivity index (χ3v) is 1.72. The minimum atomic E-state index is -0.940. The number of benzene rings is 1. The maximum Gasteiger partial charge on any atom is 0.336 e. The molecule has 0 radical (unpaired) electrons. The molecule has 72 valence electrons. The van der Waals surface area contributed by atoms with E-state index in [0.717, 1.165) is 0 Å². The Labute approximate surface area is 82.1 Å². The summed E-state index contributed by atoms with van der Waals surface area (Å²) in [4.78, 5) is 10.6. The smallest absolute Gasteiger partial charge is 0.336 e. The van der Waals surface area contributed by atoms with Crippen molar-refractivity contribution < 1.29 is 9.90 Å². The summed E-state index contributed by atoms with van der Waals surface area (Å²) in [5.41, 5.74) is 3.98. The van der Waals surface area contributed by atoms with Gasteiger partial charge in [-0.2, -0.15) is 0 Å². The Morgan fingerprint density at radius 2 is 2.15 bits per heavy atom. The van der Waals surface area contributed by atoms with Gasteiger partial charge in [0.1, 0.15) is 0 Å². The molecule has 5 heteroatoms. The number of hydrogen-bond acceptors (Lipinski definition) is 3. The fourth-order valence-electron chi connectivity index (χ4n) is 1.02. The molecule has 13 heavy (non-hydrogen) atoms. The number of halogens is 1. The zero-order valence-electron chi connectivity index (χ0n) is 7.07. The highest BCUT2D eigenvalue weighted by molar-refractivity contribution is 5.91. The van der Waals surface area contributed by atoms with Crippen LogP contribution in [0.15, 0.2) is 18.2 Å². The van der Waals surface area contributed by atoms with Crippen molar-refractivity contribution in [2.45, 2.75) is 6.92 Å². The average molecular weight is 203 g/mol. The van der Waals surface area contributed by atoms with Crippen LogP contribution in [-0.2, 0) is 0 Å². The minimum Gasteiger partial charge on any atom is -0.478 e. The van der Waals surface area contributed by atoms with Gasteiger partial charge >= 0.3 is 5.97 Å². The Kier molecular flexibility index (Phi) is 4.23. The first kappa shape index (κ1) is 11.7. The second-order valence-corrected chi connectivity index (χ2v) is 2.43. The molecule has 0 saturated heterocycles. The van der Waals surface area contributed by atoms with Gasteiger partial charge in [0.2, 0.25) is 0 Å². The van der Waals surface area contributed by atoms with Gasteiger partial charge in [-0.1, -0.05) is 6.07 Å². The maximum absolute atomic E-state index is 10.6. The van der Waals surface area contributed by atoms with Crippen LogP contribution in [-0.4, -0.2) is 11.1 Å². The van der Waals surface area contributed by atoms with Crippen LogP contribution >= 0.6 is 12.4 Å². The van der Waals surface area contributed by atoms with Gasteiger partial charge in [0.15, 0.2) is 0 Å². The van der Waals surface area contributed by atoms with Gasteiger partial charge in [0, 0.05) is 0 Å². The Bertz CT molecular complexity index is 315. The van der Waals surface area contributed by atoms with E-state index in [1.165, 1.54) is 0 Å². The highest BCUT2D eigenvalue weighted by atomic mass is 35.5. The number of nitrogens with one attached hydrogen (secondary N) is 1. The molecule has 0 heterocycles. The fourth-order valence-corrected chi connectivity index (χ4v) is 1.02. The summed E-state index contributed by atoms with van der Waals surface area (Å²) in [5.74, 6) is 4.24. The molecule has 1 aromatic rings. The molecular weight excluding hydrogens is 192 g/mol. The SMILES string of the molecule is Cc1c(NN)cccc1C(=O)O.Cl. The summed E-state index contributed by atoms with van der Waals surface area (Å²) >= 11 is 0. The lowest BCUT2D eigenvalue weighted by atomic mass is 10.1. The Hall–Kier alpha value is -1.26. The zero-order chi connectivity index (χ0) is 9.14. The normalized spacial score (nSPS) is 8.77. The molecule has 0 fully saturated rings. The van der Waals surface area contributed by atoms with Crippen LogP contribution in [0.25, 0.3) is 0 Å². The summed E-state index contributed by atoms with van der Waals surface area (Å²) in [7, 11) is 0. The van der Waals surface area contributed by atoms with Crippen LogP contribution in [0.4, 0.5) is 5.69 Å². The third-order valence-electron chi connectivity index (χ3n) is 1.72. The standard InChI is InChI=1S/C8H10N2O2.ClH/c1-5-6(8(11)12)3-2-4-7(5)10-9;/h2-4,10H,9H2,1H3,(H,11,12);1H. The summed E-state index contributed by atoms with van der Waals surface area (Å²) in [6.45, 7) is 1.71. The van der Waals surface area contributed by atoms with E-state index < -0.39 is 5.97 Å². The molecule has 4 N–H and O–H groups in total. The van der Waals surface area contributed by atoms with Crippen LogP contribution in [0, 0.1) is 6.92 Å². The molecule has 4 nitrogen and oxygen atoms in total. The third kappa shape index (κ3) is 2.34. The van der Waals surface area contributed by atoms with Crippen LogP contribution in [0.5, 0.6) is 0 Å². The number of hydrogen-bond donors (Lipinski definition) is 3. The number of nitrogens with two attached hydrogens (primary N) is 1. The maximum atomic E-state index is 10.6. The van der Waals surface area contributed by atoms with Crippen LogP contribution in [0.2, 0.25) is 0 Å². The molecule has 0 saturated carbocycles. The Morgan fingerprint density at radius 3 is 2.62 bits per heavy atom. The van der Waals surface area contributed by atoms with Crippen molar-refractivity contribution in [2.24, 2.45) is 5.84 Å². The summed E-state index contributed by atoms with van der Waals surface area (Å²) < 4.78 is 0. The number of aromatic carboxylic acids is 1. The van der Waals surface area contributed by atoms with E-state index in [1.807, 2.05) is 0 Å². The first-order valence-electron chi connectivity index (χ1n) is 3.46. The number of nitrogen functional groups attached to an aromatic ring is 1. The molecule has 0 aliphatic carbocycles. The molecule has 0 atom stereocenters. The van der Waals surface area contributed by atoms with Gasteiger partial charge < -0.3 is 10.5 Å². The molecule has 0 spiro atoms. The second-order valence-electron chi connectivity index (χ2n) is 2.43. The van der Waals surface area contributed by atoms with Gasteiger partial charge in [-0.3, -0.25) is 5.84 Å². The van der Waals surface area contributed by atoms with E-state index in [1.54, 1.807) is 25.1 Å². The number of hydrazine groups is 1. The highest BCUT2D eigenvalue weighted by Gasteiger charge is 2.08. The molecule has 0 bridgehead atoms. The molecule has 0 aliphatic heterocycles. The molecule has 0 amide bonds.